The van der Waals surface area contributed by atoms with Crippen molar-refractivity contribution in [3.63, 3.8) is 0 Å². The molecule has 1 saturated carbocycles. The Morgan fingerprint density at radius 2 is 2.06 bits per heavy atom. The van der Waals surface area contributed by atoms with Crippen molar-refractivity contribution in [1.29, 1.82) is 0 Å². The topological polar surface area (TPSA) is 40.5 Å². The van der Waals surface area contributed by atoms with Crippen LogP contribution in [0.3, 0.4) is 0 Å². The number of nitrogens with zero attached hydrogens (tertiary/aromatic N) is 1. The van der Waals surface area contributed by atoms with Crippen molar-refractivity contribution < 1.29 is 9.90 Å². The van der Waals surface area contributed by atoms with Gasteiger partial charge in [0.1, 0.15) is 0 Å². The fourth-order valence-electron chi connectivity index (χ4n) is 2.21. The molecule has 0 unspecified atom stereocenters. The van der Waals surface area contributed by atoms with E-state index >= 15 is 0 Å². The summed E-state index contributed by atoms with van der Waals surface area (Å²) in [7, 11) is 0. The highest BCUT2D eigenvalue weighted by Gasteiger charge is 2.23. The molecule has 1 rings (SSSR count). The van der Waals surface area contributed by atoms with Crippen LogP contribution in [0, 0.1) is 0 Å². The number of carbonyl (C=O) groups is 1. The minimum absolute atomic E-state index is 0.0281. The van der Waals surface area contributed by atoms with Gasteiger partial charge in [0.15, 0.2) is 0 Å². The molecule has 0 bridgehead atoms. The minimum Gasteiger partial charge on any atom is -0.395 e. The van der Waals surface area contributed by atoms with Gasteiger partial charge in [-0.25, -0.2) is 0 Å². The molecule has 16 heavy (non-hydrogen) atoms. The van der Waals surface area contributed by atoms with Crippen molar-refractivity contribution in [2.75, 3.05) is 18.5 Å². The van der Waals surface area contributed by atoms with Crippen molar-refractivity contribution in [3.05, 3.63) is 12.2 Å². The van der Waals surface area contributed by atoms with Gasteiger partial charge in [0.05, 0.1) is 6.61 Å². The molecule has 1 aliphatic carbocycles. The summed E-state index contributed by atoms with van der Waals surface area (Å²) in [5, 5.41) is 9.71. The maximum absolute atomic E-state index is 11.9. The smallest absolute Gasteiger partial charge is 0.246 e. The van der Waals surface area contributed by atoms with Crippen LogP contribution in [0.15, 0.2) is 12.2 Å². The van der Waals surface area contributed by atoms with E-state index in [4.69, 9.17) is 5.11 Å². The minimum atomic E-state index is 0.0281. The molecule has 0 saturated heterocycles. The summed E-state index contributed by atoms with van der Waals surface area (Å²) in [6, 6.07) is 0.327. The van der Waals surface area contributed by atoms with Crippen LogP contribution in [0.25, 0.3) is 0 Å². The van der Waals surface area contributed by atoms with Gasteiger partial charge in [0.25, 0.3) is 0 Å². The third-order valence-electron chi connectivity index (χ3n) is 2.99. The zero-order chi connectivity index (χ0) is 11.8. The molecular weight excluding hydrogens is 270 g/mol. The molecular formula is C12H20BrNO2. The molecule has 0 aromatic heterocycles. The summed E-state index contributed by atoms with van der Waals surface area (Å²) >= 11 is 3.26. The number of hydrogen-bond acceptors (Lipinski definition) is 2. The Hall–Kier alpha value is -0.350. The summed E-state index contributed by atoms with van der Waals surface area (Å²) in [5.74, 6) is 0.0281. The number of carbonyl (C=O) groups excluding carboxylic acids is 1. The van der Waals surface area contributed by atoms with Gasteiger partial charge in [-0.2, -0.15) is 0 Å². The Bertz CT molecular complexity index is 237. The van der Waals surface area contributed by atoms with E-state index in [9.17, 15) is 4.79 Å². The summed E-state index contributed by atoms with van der Waals surface area (Å²) in [6.45, 7) is 0.501. The summed E-state index contributed by atoms with van der Waals surface area (Å²) in [5.41, 5.74) is 0. The molecule has 0 heterocycles. The quantitative estimate of drug-likeness (QED) is 0.622. The monoisotopic (exact) mass is 289 g/mol. The number of allylic oxidation sites excluding steroid dienone is 1. The maximum atomic E-state index is 11.9. The van der Waals surface area contributed by atoms with Gasteiger partial charge >= 0.3 is 0 Å². The molecule has 92 valence electrons. The lowest BCUT2D eigenvalue weighted by Gasteiger charge is -2.33. The van der Waals surface area contributed by atoms with E-state index in [1.807, 2.05) is 4.90 Å². The van der Waals surface area contributed by atoms with Crippen molar-refractivity contribution >= 4 is 21.8 Å². The fourth-order valence-corrected chi connectivity index (χ4v) is 2.40. The Kier molecular flexibility index (Phi) is 6.73. The molecule has 4 heteroatoms. The summed E-state index contributed by atoms with van der Waals surface area (Å²) in [6.07, 6.45) is 9.22. The SMILES string of the molecule is O=C(C=CCBr)N(CCO)C1CCCCC1. The number of aliphatic hydroxyl groups is 1. The lowest BCUT2D eigenvalue weighted by atomic mass is 9.94. The predicted molar refractivity (Wildman–Crippen MR) is 68.6 cm³/mol. The van der Waals surface area contributed by atoms with Gasteiger partial charge < -0.3 is 10.0 Å². The van der Waals surface area contributed by atoms with Crippen LogP contribution in [-0.2, 0) is 4.79 Å². The fraction of sp³-hybridized carbons (Fsp3) is 0.750. The molecule has 1 N–H and O–H groups in total. The van der Waals surface area contributed by atoms with Gasteiger partial charge in [0, 0.05) is 17.9 Å². The van der Waals surface area contributed by atoms with Crippen molar-refractivity contribution in [2.24, 2.45) is 0 Å². The van der Waals surface area contributed by atoms with Crippen LogP contribution < -0.4 is 0 Å². The molecule has 0 atom stereocenters. The molecule has 0 aromatic rings. The molecule has 1 fully saturated rings. The number of hydrogen-bond donors (Lipinski definition) is 1. The first kappa shape index (κ1) is 13.7. The molecule has 0 aliphatic heterocycles. The van der Waals surface area contributed by atoms with E-state index in [1.165, 1.54) is 19.3 Å². The average molecular weight is 290 g/mol. The zero-order valence-electron chi connectivity index (χ0n) is 9.57. The Morgan fingerprint density at radius 3 is 2.62 bits per heavy atom. The summed E-state index contributed by atoms with van der Waals surface area (Å²) < 4.78 is 0. The second-order valence-corrected chi connectivity index (χ2v) is 4.75. The molecule has 1 aliphatic rings. The van der Waals surface area contributed by atoms with Crippen LogP contribution in [0.5, 0.6) is 0 Å². The van der Waals surface area contributed by atoms with Gasteiger partial charge in [-0.15, -0.1) is 0 Å². The average Bonchev–Trinajstić information content (AvgIpc) is 2.34. The van der Waals surface area contributed by atoms with Crippen molar-refractivity contribution in [3.8, 4) is 0 Å². The van der Waals surface area contributed by atoms with E-state index in [-0.39, 0.29) is 12.5 Å². The Balaban J connectivity index is 2.57. The van der Waals surface area contributed by atoms with E-state index in [0.29, 0.717) is 17.9 Å². The van der Waals surface area contributed by atoms with Crippen LogP contribution in [0.2, 0.25) is 0 Å². The highest BCUT2D eigenvalue weighted by molar-refractivity contribution is 9.09. The van der Waals surface area contributed by atoms with Crippen LogP contribution in [0.4, 0.5) is 0 Å². The molecule has 0 radical (unpaired) electrons. The second-order valence-electron chi connectivity index (χ2n) is 4.10. The highest BCUT2D eigenvalue weighted by Crippen LogP contribution is 2.22. The molecule has 1 amide bonds. The first-order valence-corrected chi connectivity index (χ1v) is 7.05. The molecule has 0 spiro atoms. The largest absolute Gasteiger partial charge is 0.395 e. The second kappa shape index (κ2) is 7.85. The first-order valence-electron chi connectivity index (χ1n) is 5.93. The Labute approximate surface area is 106 Å². The van der Waals surface area contributed by atoms with E-state index in [0.717, 1.165) is 12.8 Å². The lowest BCUT2D eigenvalue weighted by Crippen LogP contribution is -2.42. The third kappa shape index (κ3) is 4.26. The van der Waals surface area contributed by atoms with Crippen molar-refractivity contribution in [1.82, 2.24) is 4.90 Å². The molecule has 3 nitrogen and oxygen atoms in total. The highest BCUT2D eigenvalue weighted by atomic mass is 79.9. The van der Waals surface area contributed by atoms with Gasteiger partial charge in [-0.1, -0.05) is 41.3 Å². The maximum Gasteiger partial charge on any atom is 0.246 e. The number of halogens is 1. The normalized spacial score (nSPS) is 17.9. The lowest BCUT2D eigenvalue weighted by molar-refractivity contribution is -0.129. The number of amides is 1. The van der Waals surface area contributed by atoms with Gasteiger partial charge in [0.2, 0.25) is 5.91 Å². The van der Waals surface area contributed by atoms with Gasteiger partial charge in [-0.05, 0) is 18.9 Å². The third-order valence-corrected chi connectivity index (χ3v) is 3.36. The van der Waals surface area contributed by atoms with Gasteiger partial charge in [-0.3, -0.25) is 4.79 Å². The van der Waals surface area contributed by atoms with E-state index in [1.54, 1.807) is 12.2 Å². The predicted octanol–water partition coefficient (Wildman–Crippen LogP) is 2.09. The van der Waals surface area contributed by atoms with Crippen LogP contribution in [0.1, 0.15) is 32.1 Å². The van der Waals surface area contributed by atoms with E-state index < -0.39 is 0 Å². The van der Waals surface area contributed by atoms with Crippen molar-refractivity contribution in [2.45, 2.75) is 38.1 Å². The van der Waals surface area contributed by atoms with Crippen LogP contribution in [-0.4, -0.2) is 40.4 Å². The van der Waals surface area contributed by atoms with Crippen LogP contribution >= 0.6 is 15.9 Å². The first-order chi connectivity index (χ1) is 7.79. The number of aliphatic hydroxyl groups excluding tert-OH is 1. The van der Waals surface area contributed by atoms with E-state index in [2.05, 4.69) is 15.9 Å². The number of alkyl halides is 1. The Morgan fingerprint density at radius 1 is 1.38 bits per heavy atom. The molecule has 0 aromatic carbocycles. The zero-order valence-corrected chi connectivity index (χ0v) is 11.2. The summed E-state index contributed by atoms with van der Waals surface area (Å²) in [4.78, 5) is 13.7. The number of rotatable bonds is 5. The standard InChI is InChI=1S/C12H20BrNO2/c13-8-4-7-12(16)14(9-10-15)11-5-2-1-3-6-11/h4,7,11,15H,1-3,5-6,8-10H2.